The molecule has 0 spiro atoms. The SMILES string of the molecule is O=S(=O)(NCc1cccc(C2=NCC=C2c2ccncc2)c1)c1cccc(F)c1. The largest absolute Gasteiger partial charge is 0.280 e. The van der Waals surface area contributed by atoms with E-state index in [1.165, 1.54) is 18.2 Å². The van der Waals surface area contributed by atoms with E-state index in [2.05, 4.69) is 20.8 Å². The van der Waals surface area contributed by atoms with Crippen molar-refractivity contribution in [1.29, 1.82) is 0 Å². The van der Waals surface area contributed by atoms with Gasteiger partial charge in [0.2, 0.25) is 10.0 Å². The molecule has 0 saturated carbocycles. The molecule has 0 atom stereocenters. The van der Waals surface area contributed by atoms with Gasteiger partial charge in [0.05, 0.1) is 17.2 Å². The van der Waals surface area contributed by atoms with Crippen molar-refractivity contribution in [3.63, 3.8) is 0 Å². The van der Waals surface area contributed by atoms with Gasteiger partial charge in [0.15, 0.2) is 0 Å². The van der Waals surface area contributed by atoms with E-state index in [9.17, 15) is 12.8 Å². The van der Waals surface area contributed by atoms with E-state index in [0.29, 0.717) is 6.54 Å². The predicted molar refractivity (Wildman–Crippen MR) is 110 cm³/mol. The van der Waals surface area contributed by atoms with E-state index < -0.39 is 15.8 Å². The standard InChI is InChI=1S/C22H18FN3O2S/c23-19-5-2-6-20(14-19)29(27,28)26-15-16-3-1-4-18(13-16)22-21(9-12-25-22)17-7-10-24-11-8-17/h1-11,13-14,26H,12,15H2. The first-order chi connectivity index (χ1) is 14.0. The Kier molecular flexibility index (Phi) is 5.33. The Hall–Kier alpha value is -3.16. The van der Waals surface area contributed by atoms with Crippen LogP contribution in [0.25, 0.3) is 5.57 Å². The number of halogens is 1. The molecule has 0 unspecified atom stereocenters. The number of allylic oxidation sites excluding steroid dienone is 1. The van der Waals surface area contributed by atoms with Crippen LogP contribution in [0.2, 0.25) is 0 Å². The van der Waals surface area contributed by atoms with E-state index in [4.69, 9.17) is 0 Å². The molecule has 1 aliphatic rings. The summed E-state index contributed by atoms with van der Waals surface area (Å²) < 4.78 is 40.7. The molecular formula is C22H18FN3O2S. The Morgan fingerprint density at radius 2 is 1.76 bits per heavy atom. The zero-order valence-corrected chi connectivity index (χ0v) is 16.2. The molecule has 3 aromatic rings. The van der Waals surface area contributed by atoms with Gasteiger partial charge in [0.25, 0.3) is 0 Å². The van der Waals surface area contributed by atoms with Gasteiger partial charge in [-0.2, -0.15) is 0 Å². The molecule has 1 N–H and O–H groups in total. The van der Waals surface area contributed by atoms with Crippen LogP contribution in [0.5, 0.6) is 0 Å². The fraction of sp³-hybridized carbons (Fsp3) is 0.0909. The molecule has 0 fully saturated rings. The van der Waals surface area contributed by atoms with Gasteiger partial charge in [-0.1, -0.05) is 30.3 Å². The van der Waals surface area contributed by atoms with Gasteiger partial charge >= 0.3 is 0 Å². The fourth-order valence-electron chi connectivity index (χ4n) is 3.17. The van der Waals surface area contributed by atoms with Crippen LogP contribution in [0.4, 0.5) is 4.39 Å². The quantitative estimate of drug-likeness (QED) is 0.679. The predicted octanol–water partition coefficient (Wildman–Crippen LogP) is 3.59. The summed E-state index contributed by atoms with van der Waals surface area (Å²) in [5.74, 6) is -0.593. The molecule has 0 aliphatic carbocycles. The van der Waals surface area contributed by atoms with Crippen LogP contribution in [0.15, 0.2) is 89.0 Å². The minimum Gasteiger partial charge on any atom is -0.280 e. The Labute approximate surface area is 168 Å². The zero-order valence-electron chi connectivity index (χ0n) is 15.4. The third kappa shape index (κ3) is 4.31. The summed E-state index contributed by atoms with van der Waals surface area (Å²) in [5, 5.41) is 0. The van der Waals surface area contributed by atoms with Crippen LogP contribution < -0.4 is 4.72 Å². The lowest BCUT2D eigenvalue weighted by Crippen LogP contribution is -2.23. The van der Waals surface area contributed by atoms with Gasteiger partial charge in [-0.3, -0.25) is 9.98 Å². The van der Waals surface area contributed by atoms with Crippen LogP contribution in [-0.4, -0.2) is 25.7 Å². The maximum atomic E-state index is 13.3. The van der Waals surface area contributed by atoms with Gasteiger partial charge in [-0.25, -0.2) is 17.5 Å². The van der Waals surface area contributed by atoms with Crippen molar-refractivity contribution in [3.8, 4) is 0 Å². The first-order valence-corrected chi connectivity index (χ1v) is 10.5. The molecule has 0 amide bonds. The van der Waals surface area contributed by atoms with E-state index in [1.54, 1.807) is 12.4 Å². The lowest BCUT2D eigenvalue weighted by Gasteiger charge is -2.11. The summed E-state index contributed by atoms with van der Waals surface area (Å²) in [6.45, 7) is 0.692. The highest BCUT2D eigenvalue weighted by molar-refractivity contribution is 7.89. The minimum absolute atomic E-state index is 0.0915. The molecule has 4 rings (SSSR count). The fourth-order valence-corrected chi connectivity index (χ4v) is 4.22. The highest BCUT2D eigenvalue weighted by Gasteiger charge is 2.17. The number of nitrogens with zero attached hydrogens (tertiary/aromatic N) is 2. The molecule has 2 aromatic carbocycles. The average molecular weight is 407 g/mol. The van der Waals surface area contributed by atoms with E-state index in [0.717, 1.165) is 34.0 Å². The van der Waals surface area contributed by atoms with Gasteiger partial charge in [0.1, 0.15) is 5.82 Å². The maximum absolute atomic E-state index is 13.3. The Morgan fingerprint density at radius 1 is 0.966 bits per heavy atom. The van der Waals surface area contributed by atoms with Crippen molar-refractivity contribution in [2.24, 2.45) is 4.99 Å². The molecule has 0 saturated heterocycles. The second-order valence-electron chi connectivity index (χ2n) is 6.53. The smallest absolute Gasteiger partial charge is 0.240 e. The molecule has 1 aliphatic heterocycles. The van der Waals surface area contributed by atoms with Crippen LogP contribution in [0.1, 0.15) is 16.7 Å². The number of nitrogens with one attached hydrogen (secondary N) is 1. The summed E-state index contributed by atoms with van der Waals surface area (Å²) >= 11 is 0. The second kappa shape index (κ2) is 8.06. The maximum Gasteiger partial charge on any atom is 0.240 e. The number of rotatable bonds is 6. The Bertz CT molecular complexity index is 1210. The third-order valence-corrected chi connectivity index (χ3v) is 5.96. The summed E-state index contributed by atoms with van der Waals surface area (Å²) in [7, 11) is -3.81. The summed E-state index contributed by atoms with van der Waals surface area (Å²) in [6, 6.07) is 16.4. The first kappa shape index (κ1) is 19.2. The van der Waals surface area contributed by atoms with Gasteiger partial charge in [-0.05, 0) is 47.5 Å². The van der Waals surface area contributed by atoms with Crippen molar-refractivity contribution in [2.75, 3.05) is 6.54 Å². The lowest BCUT2D eigenvalue weighted by molar-refractivity contribution is 0.577. The lowest BCUT2D eigenvalue weighted by atomic mass is 9.96. The number of pyridine rings is 1. The Balaban J connectivity index is 1.53. The number of benzene rings is 2. The summed E-state index contributed by atoms with van der Waals surface area (Å²) in [5.41, 5.74) is 4.63. The number of aliphatic imine (C=N–C) groups is 1. The van der Waals surface area contributed by atoms with Crippen LogP contribution >= 0.6 is 0 Å². The second-order valence-corrected chi connectivity index (χ2v) is 8.29. The normalized spacial score (nSPS) is 13.8. The number of sulfonamides is 1. The molecule has 2 heterocycles. The number of hydrogen-bond donors (Lipinski definition) is 1. The zero-order chi connectivity index (χ0) is 20.3. The summed E-state index contributed by atoms with van der Waals surface area (Å²) in [6.07, 6.45) is 5.54. The molecule has 7 heteroatoms. The van der Waals surface area contributed by atoms with Crippen molar-refractivity contribution >= 4 is 21.3 Å². The molecular weight excluding hydrogens is 389 g/mol. The molecule has 0 bridgehead atoms. The van der Waals surface area contributed by atoms with Crippen LogP contribution in [-0.2, 0) is 16.6 Å². The molecule has 0 radical (unpaired) electrons. The van der Waals surface area contributed by atoms with Crippen LogP contribution in [0.3, 0.4) is 0 Å². The molecule has 5 nitrogen and oxygen atoms in total. The van der Waals surface area contributed by atoms with Gasteiger partial charge in [0, 0.05) is 30.1 Å². The topological polar surface area (TPSA) is 71.4 Å². The Morgan fingerprint density at radius 3 is 2.55 bits per heavy atom. The first-order valence-electron chi connectivity index (χ1n) is 9.03. The highest BCUT2D eigenvalue weighted by atomic mass is 32.2. The van der Waals surface area contributed by atoms with Crippen molar-refractivity contribution in [2.45, 2.75) is 11.4 Å². The van der Waals surface area contributed by atoms with Gasteiger partial charge < -0.3 is 0 Å². The number of aromatic nitrogens is 1. The van der Waals surface area contributed by atoms with Crippen LogP contribution in [0, 0.1) is 5.82 Å². The average Bonchev–Trinajstić information content (AvgIpc) is 3.23. The van der Waals surface area contributed by atoms with E-state index in [-0.39, 0.29) is 11.4 Å². The number of hydrogen-bond acceptors (Lipinski definition) is 4. The third-order valence-electron chi connectivity index (χ3n) is 4.56. The summed E-state index contributed by atoms with van der Waals surface area (Å²) in [4.78, 5) is 8.54. The van der Waals surface area contributed by atoms with Crippen molar-refractivity contribution in [3.05, 3.63) is 102 Å². The minimum atomic E-state index is -3.81. The molecule has 1 aromatic heterocycles. The van der Waals surface area contributed by atoms with Gasteiger partial charge in [-0.15, -0.1) is 0 Å². The van der Waals surface area contributed by atoms with Crippen molar-refractivity contribution in [1.82, 2.24) is 9.71 Å². The van der Waals surface area contributed by atoms with Crippen molar-refractivity contribution < 1.29 is 12.8 Å². The molecule has 29 heavy (non-hydrogen) atoms. The van der Waals surface area contributed by atoms with E-state index in [1.807, 2.05) is 36.4 Å². The van der Waals surface area contributed by atoms with E-state index >= 15 is 0 Å². The highest BCUT2D eigenvalue weighted by Crippen LogP contribution is 2.24. The molecule has 146 valence electrons. The monoisotopic (exact) mass is 407 g/mol.